The second-order valence-corrected chi connectivity index (χ2v) is 7.80. The van der Waals surface area contributed by atoms with E-state index in [9.17, 15) is 17.4 Å². The van der Waals surface area contributed by atoms with Gasteiger partial charge in [-0.3, -0.25) is 9.00 Å². The number of nitrogens with two attached hydrogens (primary N) is 1. The summed E-state index contributed by atoms with van der Waals surface area (Å²) < 4.78 is 35.2. The van der Waals surface area contributed by atoms with E-state index in [0.29, 0.717) is 25.3 Å². The highest BCUT2D eigenvalue weighted by molar-refractivity contribution is 7.89. The van der Waals surface area contributed by atoms with Gasteiger partial charge in [-0.25, -0.2) is 13.6 Å². The van der Waals surface area contributed by atoms with Gasteiger partial charge in [0, 0.05) is 42.1 Å². The third kappa shape index (κ3) is 5.60. The molecule has 1 amide bonds. The van der Waals surface area contributed by atoms with Gasteiger partial charge in [0.25, 0.3) is 5.91 Å². The van der Waals surface area contributed by atoms with Crippen molar-refractivity contribution >= 4 is 26.7 Å². The molecule has 0 aromatic carbocycles. The summed E-state index contributed by atoms with van der Waals surface area (Å²) in [5, 5.41) is 7.77. The number of sulfonamides is 1. The summed E-state index contributed by atoms with van der Waals surface area (Å²) in [6.45, 7) is 2.84. The van der Waals surface area contributed by atoms with Crippen molar-refractivity contribution in [3.05, 3.63) is 18.0 Å². The molecule has 1 heterocycles. The lowest BCUT2D eigenvalue weighted by Gasteiger charge is -2.08. The van der Waals surface area contributed by atoms with Crippen LogP contribution in [0, 0.1) is 0 Å². The van der Waals surface area contributed by atoms with Gasteiger partial charge < -0.3 is 9.88 Å². The number of hydrogen-bond acceptors (Lipinski definition) is 4. The molecule has 0 fully saturated rings. The fourth-order valence-corrected chi connectivity index (χ4v) is 2.92. The number of primary sulfonamides is 1. The molecule has 3 N–H and O–H groups in total. The lowest BCUT2D eigenvalue weighted by molar-refractivity contribution is 0.0944. The van der Waals surface area contributed by atoms with Crippen LogP contribution in [0.25, 0.3) is 0 Å². The number of rotatable bonds is 8. The average molecular weight is 335 g/mol. The fraction of sp³-hybridized carbons (Fsp3) is 0.583. The van der Waals surface area contributed by atoms with E-state index in [1.165, 1.54) is 12.3 Å². The molecule has 21 heavy (non-hydrogen) atoms. The highest BCUT2D eigenvalue weighted by Crippen LogP contribution is 2.13. The van der Waals surface area contributed by atoms with Gasteiger partial charge in [0.2, 0.25) is 10.0 Å². The third-order valence-corrected chi connectivity index (χ3v) is 4.54. The monoisotopic (exact) mass is 335 g/mol. The van der Waals surface area contributed by atoms with Gasteiger partial charge in [0.05, 0.1) is 0 Å². The normalized spacial score (nSPS) is 13.1. The summed E-state index contributed by atoms with van der Waals surface area (Å²) in [6, 6.07) is 1.28. The first-order chi connectivity index (χ1) is 9.75. The Balaban J connectivity index is 2.82. The minimum absolute atomic E-state index is 0.0734. The first-order valence-electron chi connectivity index (χ1n) is 6.57. The second kappa shape index (κ2) is 7.71. The largest absolute Gasteiger partial charge is 0.351 e. The minimum atomic E-state index is -3.83. The van der Waals surface area contributed by atoms with Crippen LogP contribution in [0.1, 0.15) is 30.3 Å². The number of aryl methyl sites for hydroxylation is 1. The molecule has 0 saturated heterocycles. The van der Waals surface area contributed by atoms with E-state index in [1.54, 1.807) is 10.8 Å². The van der Waals surface area contributed by atoms with Crippen LogP contribution in [-0.4, -0.2) is 41.7 Å². The first kappa shape index (κ1) is 17.9. The SMILES string of the molecule is CCCn1cc(S(N)(=O)=O)cc1C(=O)NCCCS(C)=O. The molecule has 1 rings (SSSR count). The van der Waals surface area contributed by atoms with E-state index < -0.39 is 20.8 Å². The number of nitrogens with zero attached hydrogens (tertiary/aromatic N) is 1. The van der Waals surface area contributed by atoms with E-state index in [-0.39, 0.29) is 16.5 Å². The Labute approximate surface area is 127 Å². The zero-order chi connectivity index (χ0) is 16.0. The molecule has 1 unspecified atom stereocenters. The molecule has 0 aliphatic carbocycles. The summed E-state index contributed by atoms with van der Waals surface area (Å²) in [4.78, 5) is 12.0. The number of amides is 1. The Kier molecular flexibility index (Phi) is 6.56. The van der Waals surface area contributed by atoms with Crippen LogP contribution in [0.4, 0.5) is 0 Å². The van der Waals surface area contributed by atoms with E-state index in [4.69, 9.17) is 5.14 Å². The molecule has 0 aliphatic heterocycles. The van der Waals surface area contributed by atoms with E-state index in [0.717, 1.165) is 6.42 Å². The number of carbonyl (C=O) groups excluding carboxylic acids is 1. The number of carbonyl (C=O) groups is 1. The van der Waals surface area contributed by atoms with Crippen molar-refractivity contribution in [1.29, 1.82) is 0 Å². The zero-order valence-corrected chi connectivity index (χ0v) is 13.8. The highest BCUT2D eigenvalue weighted by atomic mass is 32.2. The second-order valence-electron chi connectivity index (χ2n) is 4.69. The molecule has 0 saturated carbocycles. The molecule has 9 heteroatoms. The quantitative estimate of drug-likeness (QED) is 0.653. The molecule has 1 atom stereocenters. The number of hydrogen-bond donors (Lipinski definition) is 2. The maximum absolute atomic E-state index is 12.1. The van der Waals surface area contributed by atoms with Crippen LogP contribution in [0.5, 0.6) is 0 Å². The van der Waals surface area contributed by atoms with Crippen LogP contribution in [-0.2, 0) is 27.4 Å². The van der Waals surface area contributed by atoms with Crippen molar-refractivity contribution < 1.29 is 17.4 Å². The van der Waals surface area contributed by atoms with Crippen LogP contribution in [0.3, 0.4) is 0 Å². The van der Waals surface area contributed by atoms with E-state index in [2.05, 4.69) is 5.32 Å². The van der Waals surface area contributed by atoms with Gasteiger partial charge in [-0.1, -0.05) is 6.92 Å². The smallest absolute Gasteiger partial charge is 0.267 e. The Morgan fingerprint density at radius 2 is 2.14 bits per heavy atom. The van der Waals surface area contributed by atoms with Crippen LogP contribution in [0.15, 0.2) is 17.2 Å². The van der Waals surface area contributed by atoms with Crippen molar-refractivity contribution in [2.24, 2.45) is 5.14 Å². The molecule has 1 aromatic rings. The highest BCUT2D eigenvalue weighted by Gasteiger charge is 2.18. The molecule has 0 aliphatic rings. The average Bonchev–Trinajstić information content (AvgIpc) is 2.78. The topological polar surface area (TPSA) is 111 Å². The summed E-state index contributed by atoms with van der Waals surface area (Å²) in [7, 11) is -4.73. The van der Waals surface area contributed by atoms with Gasteiger partial charge in [-0.15, -0.1) is 0 Å². The molecule has 0 spiro atoms. The van der Waals surface area contributed by atoms with Gasteiger partial charge in [0.15, 0.2) is 0 Å². The predicted octanol–water partition coefficient (Wildman–Crippen LogP) is 0.0439. The zero-order valence-electron chi connectivity index (χ0n) is 12.2. The standard InChI is InChI=1S/C12H21N3O4S2/c1-3-6-15-9-10(21(13,18)19)8-11(15)12(16)14-5-4-7-20(2)17/h8-9H,3-7H2,1-2H3,(H,14,16)(H2,13,18,19). The molecular weight excluding hydrogens is 314 g/mol. The Bertz CT molecular complexity index is 622. The third-order valence-electron chi connectivity index (χ3n) is 2.79. The molecular formula is C12H21N3O4S2. The summed E-state index contributed by atoms with van der Waals surface area (Å²) in [5.74, 6) is 0.152. The van der Waals surface area contributed by atoms with Crippen LogP contribution in [0.2, 0.25) is 0 Å². The molecule has 0 radical (unpaired) electrons. The predicted molar refractivity (Wildman–Crippen MR) is 82.0 cm³/mol. The van der Waals surface area contributed by atoms with Crippen LogP contribution < -0.4 is 10.5 Å². The van der Waals surface area contributed by atoms with Crippen LogP contribution >= 0.6 is 0 Å². The van der Waals surface area contributed by atoms with Crippen molar-refractivity contribution in [3.8, 4) is 0 Å². The van der Waals surface area contributed by atoms with Gasteiger partial charge in [0.1, 0.15) is 10.6 Å². The van der Waals surface area contributed by atoms with Gasteiger partial charge >= 0.3 is 0 Å². The Morgan fingerprint density at radius 1 is 1.48 bits per heavy atom. The van der Waals surface area contributed by atoms with Gasteiger partial charge in [-0.05, 0) is 18.9 Å². The molecule has 0 bridgehead atoms. The molecule has 7 nitrogen and oxygen atoms in total. The van der Waals surface area contributed by atoms with Gasteiger partial charge in [-0.2, -0.15) is 0 Å². The van der Waals surface area contributed by atoms with Crippen molar-refractivity contribution in [2.75, 3.05) is 18.6 Å². The lowest BCUT2D eigenvalue weighted by Crippen LogP contribution is -2.27. The molecule has 120 valence electrons. The van der Waals surface area contributed by atoms with Crippen molar-refractivity contribution in [1.82, 2.24) is 9.88 Å². The van der Waals surface area contributed by atoms with Crippen molar-refractivity contribution in [2.45, 2.75) is 31.2 Å². The molecule has 1 aromatic heterocycles. The van der Waals surface area contributed by atoms with E-state index >= 15 is 0 Å². The Hall–Kier alpha value is -1.19. The lowest BCUT2D eigenvalue weighted by atomic mass is 10.3. The summed E-state index contributed by atoms with van der Waals surface area (Å²) in [5.41, 5.74) is 0.262. The fourth-order valence-electron chi connectivity index (χ4n) is 1.82. The maximum atomic E-state index is 12.1. The Morgan fingerprint density at radius 3 is 2.67 bits per heavy atom. The number of nitrogens with one attached hydrogen (secondary N) is 1. The summed E-state index contributed by atoms with van der Waals surface area (Å²) >= 11 is 0. The maximum Gasteiger partial charge on any atom is 0.267 e. The summed E-state index contributed by atoms with van der Waals surface area (Å²) in [6.07, 6.45) is 4.33. The minimum Gasteiger partial charge on any atom is -0.351 e. The van der Waals surface area contributed by atoms with E-state index in [1.807, 2.05) is 6.92 Å². The number of aromatic nitrogens is 1. The van der Waals surface area contributed by atoms with Crippen molar-refractivity contribution in [3.63, 3.8) is 0 Å². The first-order valence-corrected chi connectivity index (χ1v) is 9.84.